The van der Waals surface area contributed by atoms with Crippen LogP contribution in [0, 0.1) is 0 Å². The first-order valence-electron chi connectivity index (χ1n) is 5.19. The third-order valence-electron chi connectivity index (χ3n) is 2.36. The average molecular weight is 217 g/mol. The van der Waals surface area contributed by atoms with Gasteiger partial charge in [-0.2, -0.15) is 5.10 Å². The van der Waals surface area contributed by atoms with Crippen molar-refractivity contribution >= 4 is 5.82 Å². The second kappa shape index (κ2) is 4.32. The van der Waals surface area contributed by atoms with Crippen molar-refractivity contribution in [2.24, 2.45) is 5.84 Å². The summed E-state index contributed by atoms with van der Waals surface area (Å²) >= 11 is 0. The molecule has 0 amide bonds. The second-order valence-electron chi connectivity index (χ2n) is 3.88. The van der Waals surface area contributed by atoms with Crippen LogP contribution in [0.1, 0.15) is 25.5 Å². The summed E-state index contributed by atoms with van der Waals surface area (Å²) in [5, 5.41) is 4.48. The maximum absolute atomic E-state index is 5.31. The number of nitrogens with two attached hydrogens (primary N) is 1. The van der Waals surface area contributed by atoms with Crippen molar-refractivity contribution in [2.45, 2.75) is 19.8 Å². The lowest BCUT2D eigenvalue weighted by Crippen LogP contribution is -2.09. The number of rotatable bonds is 3. The maximum atomic E-state index is 5.31. The van der Waals surface area contributed by atoms with Crippen LogP contribution in [0.4, 0.5) is 5.82 Å². The van der Waals surface area contributed by atoms with E-state index in [0.29, 0.717) is 11.7 Å². The summed E-state index contributed by atoms with van der Waals surface area (Å²) in [4.78, 5) is 4.05. The van der Waals surface area contributed by atoms with Crippen molar-refractivity contribution in [1.29, 1.82) is 0 Å². The molecule has 0 atom stereocenters. The lowest BCUT2D eigenvalue weighted by Gasteiger charge is -2.04. The number of nitrogens with zero attached hydrogens (tertiary/aromatic N) is 3. The molecule has 0 aromatic carbocycles. The van der Waals surface area contributed by atoms with E-state index in [0.717, 1.165) is 11.4 Å². The molecule has 16 heavy (non-hydrogen) atoms. The number of hydrazine groups is 1. The van der Waals surface area contributed by atoms with Crippen molar-refractivity contribution in [3.63, 3.8) is 0 Å². The molecule has 3 N–H and O–H groups in total. The van der Waals surface area contributed by atoms with Crippen LogP contribution in [-0.4, -0.2) is 14.8 Å². The summed E-state index contributed by atoms with van der Waals surface area (Å²) in [6, 6.07) is 5.75. The Morgan fingerprint density at radius 3 is 2.81 bits per heavy atom. The molecule has 2 rings (SSSR count). The van der Waals surface area contributed by atoms with Crippen LogP contribution in [0.2, 0.25) is 0 Å². The van der Waals surface area contributed by atoms with Crippen LogP contribution in [-0.2, 0) is 0 Å². The number of nitrogen functional groups attached to an aromatic ring is 1. The fraction of sp³-hybridized carbons (Fsp3) is 0.273. The van der Waals surface area contributed by atoms with Gasteiger partial charge >= 0.3 is 0 Å². The molecule has 2 heterocycles. The van der Waals surface area contributed by atoms with Gasteiger partial charge in [0.15, 0.2) is 0 Å². The number of anilines is 1. The van der Waals surface area contributed by atoms with E-state index in [1.165, 1.54) is 0 Å². The highest BCUT2D eigenvalue weighted by Crippen LogP contribution is 2.15. The summed E-state index contributed by atoms with van der Waals surface area (Å²) in [7, 11) is 0. The zero-order valence-electron chi connectivity index (χ0n) is 9.38. The molecule has 0 saturated carbocycles. The SMILES string of the molecule is CC(C)c1ccn(-c2ccnc(NN)c2)n1. The molecule has 0 aliphatic rings. The van der Waals surface area contributed by atoms with Crippen LogP contribution < -0.4 is 11.3 Å². The number of hydrogen-bond donors (Lipinski definition) is 2. The molecule has 0 spiro atoms. The van der Waals surface area contributed by atoms with E-state index >= 15 is 0 Å². The Morgan fingerprint density at radius 2 is 2.19 bits per heavy atom. The molecular formula is C11H15N5. The van der Waals surface area contributed by atoms with Crippen molar-refractivity contribution in [1.82, 2.24) is 14.8 Å². The summed E-state index contributed by atoms with van der Waals surface area (Å²) in [6.45, 7) is 4.23. The first kappa shape index (κ1) is 10.6. The Hall–Kier alpha value is -1.88. The fourth-order valence-electron chi connectivity index (χ4n) is 1.43. The van der Waals surface area contributed by atoms with E-state index < -0.39 is 0 Å². The molecule has 2 aromatic heterocycles. The molecule has 5 heteroatoms. The van der Waals surface area contributed by atoms with Crippen LogP contribution in [0.15, 0.2) is 30.6 Å². The molecule has 0 saturated heterocycles. The predicted molar refractivity (Wildman–Crippen MR) is 63.3 cm³/mol. The van der Waals surface area contributed by atoms with E-state index in [1.54, 1.807) is 6.20 Å². The first-order valence-corrected chi connectivity index (χ1v) is 5.19. The van der Waals surface area contributed by atoms with Gasteiger partial charge in [-0.3, -0.25) is 0 Å². The van der Waals surface area contributed by atoms with Crippen LogP contribution in [0.25, 0.3) is 5.69 Å². The van der Waals surface area contributed by atoms with Crippen molar-refractivity contribution in [3.8, 4) is 5.69 Å². The minimum Gasteiger partial charge on any atom is -0.308 e. The van der Waals surface area contributed by atoms with Gasteiger partial charge in [-0.05, 0) is 18.1 Å². The Kier molecular flexibility index (Phi) is 2.87. The van der Waals surface area contributed by atoms with Crippen molar-refractivity contribution < 1.29 is 0 Å². The highest BCUT2D eigenvalue weighted by atomic mass is 15.3. The number of nitrogens with one attached hydrogen (secondary N) is 1. The number of aromatic nitrogens is 3. The lowest BCUT2D eigenvalue weighted by atomic mass is 10.1. The van der Waals surface area contributed by atoms with Crippen LogP contribution >= 0.6 is 0 Å². The van der Waals surface area contributed by atoms with Crippen LogP contribution in [0.3, 0.4) is 0 Å². The Morgan fingerprint density at radius 1 is 1.38 bits per heavy atom. The summed E-state index contributed by atoms with van der Waals surface area (Å²) in [6.07, 6.45) is 3.63. The summed E-state index contributed by atoms with van der Waals surface area (Å²) in [5.74, 6) is 6.36. The Labute approximate surface area is 94.3 Å². The van der Waals surface area contributed by atoms with E-state index in [2.05, 4.69) is 29.4 Å². The molecular weight excluding hydrogens is 202 g/mol. The van der Waals surface area contributed by atoms with Gasteiger partial charge in [-0.25, -0.2) is 15.5 Å². The molecule has 84 valence electrons. The zero-order chi connectivity index (χ0) is 11.5. The van der Waals surface area contributed by atoms with Gasteiger partial charge in [0.25, 0.3) is 0 Å². The van der Waals surface area contributed by atoms with Gasteiger partial charge in [0.2, 0.25) is 0 Å². The highest BCUT2D eigenvalue weighted by molar-refractivity contribution is 5.43. The molecule has 0 radical (unpaired) electrons. The third kappa shape index (κ3) is 2.04. The molecule has 0 fully saturated rings. The monoisotopic (exact) mass is 217 g/mol. The van der Waals surface area contributed by atoms with Crippen molar-refractivity contribution in [3.05, 3.63) is 36.3 Å². The quantitative estimate of drug-likeness (QED) is 0.606. The smallest absolute Gasteiger partial charge is 0.142 e. The normalized spacial score (nSPS) is 10.8. The minimum absolute atomic E-state index is 0.426. The van der Waals surface area contributed by atoms with Crippen molar-refractivity contribution in [2.75, 3.05) is 5.43 Å². The van der Waals surface area contributed by atoms with E-state index in [-0.39, 0.29) is 0 Å². The molecule has 5 nitrogen and oxygen atoms in total. The maximum Gasteiger partial charge on any atom is 0.142 e. The van der Waals surface area contributed by atoms with Crippen LogP contribution in [0.5, 0.6) is 0 Å². The van der Waals surface area contributed by atoms with Gasteiger partial charge in [0, 0.05) is 18.5 Å². The molecule has 0 aliphatic carbocycles. The highest BCUT2D eigenvalue weighted by Gasteiger charge is 2.05. The molecule has 0 aliphatic heterocycles. The molecule has 0 unspecified atom stereocenters. The standard InChI is InChI=1S/C11H15N5/c1-8(2)10-4-6-16(15-10)9-3-5-13-11(7-9)14-12/h3-8H,12H2,1-2H3,(H,13,14). The van der Waals surface area contributed by atoms with E-state index in [9.17, 15) is 0 Å². The Bertz CT molecular complexity index is 475. The van der Waals surface area contributed by atoms with Gasteiger partial charge in [-0.1, -0.05) is 13.8 Å². The first-order chi connectivity index (χ1) is 7.70. The number of pyridine rings is 1. The van der Waals surface area contributed by atoms with E-state index in [4.69, 9.17) is 5.84 Å². The zero-order valence-corrected chi connectivity index (χ0v) is 9.38. The predicted octanol–water partition coefficient (Wildman–Crippen LogP) is 1.68. The van der Waals surface area contributed by atoms with E-state index in [1.807, 2.05) is 29.1 Å². The molecule has 0 bridgehead atoms. The summed E-state index contributed by atoms with van der Waals surface area (Å²) in [5.41, 5.74) is 4.52. The average Bonchev–Trinajstić information content (AvgIpc) is 2.78. The largest absolute Gasteiger partial charge is 0.308 e. The topological polar surface area (TPSA) is 68.8 Å². The minimum atomic E-state index is 0.426. The second-order valence-corrected chi connectivity index (χ2v) is 3.88. The van der Waals surface area contributed by atoms with Gasteiger partial charge in [-0.15, -0.1) is 0 Å². The number of hydrogen-bond acceptors (Lipinski definition) is 4. The van der Waals surface area contributed by atoms with Gasteiger partial charge < -0.3 is 5.43 Å². The van der Waals surface area contributed by atoms with Gasteiger partial charge in [0.1, 0.15) is 5.82 Å². The fourth-order valence-corrected chi connectivity index (χ4v) is 1.43. The lowest BCUT2D eigenvalue weighted by molar-refractivity contribution is 0.768. The third-order valence-corrected chi connectivity index (χ3v) is 2.36. The Balaban J connectivity index is 2.34. The molecule has 2 aromatic rings. The summed E-state index contributed by atoms with van der Waals surface area (Å²) < 4.78 is 1.82. The van der Waals surface area contributed by atoms with Gasteiger partial charge in [0.05, 0.1) is 11.4 Å².